The summed E-state index contributed by atoms with van der Waals surface area (Å²) in [5.41, 5.74) is 6.07. The molecule has 0 aliphatic carbocycles. The van der Waals surface area contributed by atoms with Crippen molar-refractivity contribution < 1.29 is 9.53 Å². The van der Waals surface area contributed by atoms with E-state index in [1.807, 2.05) is 66.6 Å². The fourth-order valence-electron chi connectivity index (χ4n) is 4.62. The number of benzene rings is 2. The molecule has 1 fully saturated rings. The number of aromatic amines is 1. The molecule has 0 unspecified atom stereocenters. The van der Waals surface area contributed by atoms with Gasteiger partial charge in [-0.3, -0.25) is 9.78 Å². The summed E-state index contributed by atoms with van der Waals surface area (Å²) < 4.78 is 5.32. The second-order valence-corrected chi connectivity index (χ2v) is 8.64. The van der Waals surface area contributed by atoms with Gasteiger partial charge in [-0.25, -0.2) is 0 Å². The van der Waals surface area contributed by atoms with E-state index >= 15 is 0 Å². The predicted octanol–water partition coefficient (Wildman–Crippen LogP) is 5.18. The van der Waals surface area contributed by atoms with Gasteiger partial charge in [0.15, 0.2) is 0 Å². The fourth-order valence-corrected chi connectivity index (χ4v) is 4.62. The summed E-state index contributed by atoms with van der Waals surface area (Å²) in [5, 5.41) is 4.58. The summed E-state index contributed by atoms with van der Waals surface area (Å²) in [7, 11) is 1.67. The molecule has 1 amide bonds. The number of anilines is 2. The number of amides is 1. The highest BCUT2D eigenvalue weighted by atomic mass is 16.5. The summed E-state index contributed by atoms with van der Waals surface area (Å²) in [4.78, 5) is 23.1. The molecule has 3 heterocycles. The van der Waals surface area contributed by atoms with Crippen LogP contribution >= 0.6 is 0 Å². The van der Waals surface area contributed by atoms with Crippen molar-refractivity contribution in [1.82, 2.24) is 14.9 Å². The standard InChI is InChI=1S/C27H28N4O2/c1-18-12-22(30-21-6-5-7-23(14-21)33-2)15-26(29-18)19-10-11-31(17-19)27(32)13-20-16-28-25-9-4-3-8-24(20)25/h3-9,12,14-16,19,28H,10-11,13,17H2,1-2H3,(H,29,30)/t19-/m1/s1. The lowest BCUT2D eigenvalue weighted by molar-refractivity contribution is -0.129. The molecule has 0 bridgehead atoms. The minimum Gasteiger partial charge on any atom is -0.497 e. The molecule has 2 N–H and O–H groups in total. The predicted molar refractivity (Wildman–Crippen MR) is 131 cm³/mol. The highest BCUT2D eigenvalue weighted by Gasteiger charge is 2.29. The molecule has 1 aliphatic rings. The van der Waals surface area contributed by atoms with E-state index in [2.05, 4.69) is 22.4 Å². The first-order valence-electron chi connectivity index (χ1n) is 11.3. The van der Waals surface area contributed by atoms with Crippen molar-refractivity contribution in [3.63, 3.8) is 0 Å². The Kier molecular flexibility index (Phi) is 5.73. The Hall–Kier alpha value is -3.80. The van der Waals surface area contributed by atoms with Gasteiger partial charge in [0.25, 0.3) is 0 Å². The van der Waals surface area contributed by atoms with Crippen molar-refractivity contribution in [2.75, 3.05) is 25.5 Å². The van der Waals surface area contributed by atoms with Gasteiger partial charge in [-0.15, -0.1) is 0 Å². The maximum atomic E-state index is 13.0. The molecule has 6 heteroatoms. The van der Waals surface area contributed by atoms with Gasteiger partial charge in [0, 0.05) is 64.9 Å². The number of H-pyrrole nitrogens is 1. The molecule has 168 valence electrons. The van der Waals surface area contributed by atoms with Crippen LogP contribution < -0.4 is 10.1 Å². The molecule has 1 aliphatic heterocycles. The van der Waals surface area contributed by atoms with Crippen LogP contribution in [0.3, 0.4) is 0 Å². The first-order valence-corrected chi connectivity index (χ1v) is 11.3. The van der Waals surface area contributed by atoms with E-state index in [9.17, 15) is 4.79 Å². The van der Waals surface area contributed by atoms with Gasteiger partial charge < -0.3 is 19.9 Å². The Morgan fingerprint density at radius 1 is 1.15 bits per heavy atom. The highest BCUT2D eigenvalue weighted by Crippen LogP contribution is 2.30. The first kappa shape index (κ1) is 21.1. The van der Waals surface area contributed by atoms with Crippen LogP contribution in [0.2, 0.25) is 0 Å². The third kappa shape index (κ3) is 4.55. The van der Waals surface area contributed by atoms with Gasteiger partial charge in [0.1, 0.15) is 5.75 Å². The number of para-hydroxylation sites is 1. The number of aromatic nitrogens is 2. The average molecular weight is 441 g/mol. The maximum absolute atomic E-state index is 13.0. The number of methoxy groups -OCH3 is 1. The van der Waals surface area contributed by atoms with Crippen LogP contribution in [0.4, 0.5) is 11.4 Å². The van der Waals surface area contributed by atoms with E-state index in [0.29, 0.717) is 13.0 Å². The number of ether oxygens (including phenoxy) is 1. The van der Waals surface area contributed by atoms with Gasteiger partial charge in [-0.1, -0.05) is 24.3 Å². The summed E-state index contributed by atoms with van der Waals surface area (Å²) in [6, 6.07) is 20.1. The van der Waals surface area contributed by atoms with Crippen molar-refractivity contribution >= 4 is 28.2 Å². The van der Waals surface area contributed by atoms with Crippen molar-refractivity contribution in [3.8, 4) is 5.75 Å². The van der Waals surface area contributed by atoms with Crippen molar-refractivity contribution in [2.24, 2.45) is 0 Å². The molecule has 5 rings (SSSR count). The molecule has 33 heavy (non-hydrogen) atoms. The van der Waals surface area contributed by atoms with Gasteiger partial charge in [-0.2, -0.15) is 0 Å². The summed E-state index contributed by atoms with van der Waals surface area (Å²) in [6.07, 6.45) is 3.30. The number of fused-ring (bicyclic) bond motifs is 1. The lowest BCUT2D eigenvalue weighted by Crippen LogP contribution is -2.29. The molecule has 6 nitrogen and oxygen atoms in total. The minimum atomic E-state index is 0.171. The number of carbonyl (C=O) groups is 1. The molecule has 0 spiro atoms. The van der Waals surface area contributed by atoms with E-state index in [1.54, 1.807) is 7.11 Å². The van der Waals surface area contributed by atoms with Crippen LogP contribution in [0, 0.1) is 6.92 Å². The Morgan fingerprint density at radius 2 is 2.03 bits per heavy atom. The molecular formula is C27H28N4O2. The van der Waals surface area contributed by atoms with Crippen LogP contribution in [0.25, 0.3) is 10.9 Å². The van der Waals surface area contributed by atoms with E-state index in [-0.39, 0.29) is 11.8 Å². The summed E-state index contributed by atoms with van der Waals surface area (Å²) >= 11 is 0. The van der Waals surface area contributed by atoms with E-state index in [4.69, 9.17) is 9.72 Å². The number of nitrogens with one attached hydrogen (secondary N) is 2. The minimum absolute atomic E-state index is 0.171. The smallest absolute Gasteiger partial charge is 0.227 e. The first-order chi connectivity index (χ1) is 16.1. The molecule has 2 aromatic heterocycles. The SMILES string of the molecule is COc1cccc(Nc2cc(C)nc([C@@H]3CCN(C(=O)Cc4c[nH]c5ccccc45)C3)c2)c1. The third-order valence-electron chi connectivity index (χ3n) is 6.31. The number of hydrogen-bond acceptors (Lipinski definition) is 4. The molecule has 0 saturated carbocycles. The number of carbonyl (C=O) groups excluding carboxylic acids is 1. The monoisotopic (exact) mass is 440 g/mol. The van der Waals surface area contributed by atoms with Gasteiger partial charge >= 0.3 is 0 Å². The second-order valence-electron chi connectivity index (χ2n) is 8.64. The number of nitrogens with zero attached hydrogens (tertiary/aromatic N) is 2. The number of likely N-dealkylation sites (tertiary alicyclic amines) is 1. The van der Waals surface area contributed by atoms with Crippen LogP contribution in [0.5, 0.6) is 5.75 Å². The highest BCUT2D eigenvalue weighted by molar-refractivity contribution is 5.89. The van der Waals surface area contributed by atoms with Crippen molar-refractivity contribution in [1.29, 1.82) is 0 Å². The molecule has 2 aromatic carbocycles. The number of rotatable bonds is 6. The van der Waals surface area contributed by atoms with Gasteiger partial charge in [-0.05, 0) is 49.2 Å². The second kappa shape index (κ2) is 8.98. The topological polar surface area (TPSA) is 70.2 Å². The molecule has 1 atom stereocenters. The molecule has 0 radical (unpaired) electrons. The maximum Gasteiger partial charge on any atom is 0.227 e. The zero-order valence-corrected chi connectivity index (χ0v) is 19.0. The third-order valence-corrected chi connectivity index (χ3v) is 6.31. The van der Waals surface area contributed by atoms with Crippen molar-refractivity contribution in [3.05, 3.63) is 83.8 Å². The normalized spacial score (nSPS) is 15.7. The number of hydrogen-bond donors (Lipinski definition) is 2. The number of pyridine rings is 1. The van der Waals surface area contributed by atoms with E-state index < -0.39 is 0 Å². The Balaban J connectivity index is 1.28. The van der Waals surface area contributed by atoms with Crippen LogP contribution in [-0.4, -0.2) is 41.0 Å². The van der Waals surface area contributed by atoms with Crippen LogP contribution in [0.1, 0.15) is 29.3 Å². The zero-order chi connectivity index (χ0) is 22.8. The van der Waals surface area contributed by atoms with Crippen LogP contribution in [-0.2, 0) is 11.2 Å². The molecule has 4 aromatic rings. The Morgan fingerprint density at radius 3 is 2.91 bits per heavy atom. The lowest BCUT2D eigenvalue weighted by atomic mass is 10.0. The van der Waals surface area contributed by atoms with Gasteiger partial charge in [0.2, 0.25) is 5.91 Å². The van der Waals surface area contributed by atoms with Crippen LogP contribution in [0.15, 0.2) is 66.9 Å². The average Bonchev–Trinajstić information content (AvgIpc) is 3.47. The fraction of sp³-hybridized carbons (Fsp3) is 0.259. The summed E-state index contributed by atoms with van der Waals surface area (Å²) in [5.74, 6) is 1.22. The Bertz CT molecular complexity index is 1300. The zero-order valence-electron chi connectivity index (χ0n) is 19.0. The van der Waals surface area contributed by atoms with Gasteiger partial charge in [0.05, 0.1) is 13.5 Å². The van der Waals surface area contributed by atoms with E-state index in [1.165, 1.54) is 0 Å². The van der Waals surface area contributed by atoms with E-state index in [0.717, 1.165) is 57.9 Å². The summed E-state index contributed by atoms with van der Waals surface area (Å²) in [6.45, 7) is 3.48. The largest absolute Gasteiger partial charge is 0.497 e. The molecule has 1 saturated heterocycles. The molecular weight excluding hydrogens is 412 g/mol. The quantitative estimate of drug-likeness (QED) is 0.433. The number of aryl methyl sites for hydroxylation is 1. The lowest BCUT2D eigenvalue weighted by Gasteiger charge is -2.17. The van der Waals surface area contributed by atoms with Crippen molar-refractivity contribution in [2.45, 2.75) is 25.7 Å². The Labute approximate surface area is 193 Å².